The van der Waals surface area contributed by atoms with E-state index in [9.17, 15) is 18.0 Å². The molecule has 2 fully saturated rings. The number of hydrogen-bond donors (Lipinski definition) is 0. The largest absolute Gasteiger partial charge is 0.416 e. The average Bonchev–Trinajstić information content (AvgIpc) is 3.27. The van der Waals surface area contributed by atoms with Gasteiger partial charge >= 0.3 is 6.18 Å². The van der Waals surface area contributed by atoms with E-state index in [0.29, 0.717) is 18.8 Å². The zero-order valence-electron chi connectivity index (χ0n) is 17.4. The van der Waals surface area contributed by atoms with E-state index in [2.05, 4.69) is 4.98 Å². The van der Waals surface area contributed by atoms with E-state index in [-0.39, 0.29) is 12.0 Å². The first kappa shape index (κ1) is 21.8. The number of alkyl halides is 3. The van der Waals surface area contributed by atoms with E-state index in [1.807, 2.05) is 23.2 Å². The quantitative estimate of drug-likeness (QED) is 0.670. The fourth-order valence-corrected chi connectivity index (χ4v) is 4.38. The Morgan fingerprint density at radius 3 is 2.32 bits per heavy atom. The molecule has 2 saturated heterocycles. The van der Waals surface area contributed by atoms with Gasteiger partial charge in [0.1, 0.15) is 0 Å². The predicted octanol–water partition coefficient (Wildman–Crippen LogP) is 4.97. The molecule has 7 heteroatoms. The maximum Gasteiger partial charge on any atom is 0.416 e. The van der Waals surface area contributed by atoms with Crippen LogP contribution in [0.4, 0.5) is 13.2 Å². The van der Waals surface area contributed by atoms with Gasteiger partial charge in [-0.1, -0.05) is 18.2 Å². The molecule has 0 saturated carbocycles. The van der Waals surface area contributed by atoms with Crippen LogP contribution in [0.25, 0.3) is 0 Å². The Morgan fingerprint density at radius 1 is 1.03 bits per heavy atom. The molecular weight excluding hydrogens is 405 g/mol. The van der Waals surface area contributed by atoms with Crippen molar-refractivity contribution < 1.29 is 22.7 Å². The van der Waals surface area contributed by atoms with Crippen LogP contribution in [0.15, 0.2) is 42.6 Å². The molecule has 0 aliphatic carbocycles. The Balaban J connectivity index is 1.28. The number of piperidine rings is 1. The first-order valence-corrected chi connectivity index (χ1v) is 10.9. The lowest BCUT2D eigenvalue weighted by Gasteiger charge is -2.32. The molecule has 0 N–H and O–H groups in total. The van der Waals surface area contributed by atoms with Crippen molar-refractivity contribution in [3.63, 3.8) is 0 Å². The molecule has 31 heavy (non-hydrogen) atoms. The number of ether oxygens (including phenoxy) is 1. The smallest absolute Gasteiger partial charge is 0.378 e. The van der Waals surface area contributed by atoms with Crippen LogP contribution < -0.4 is 0 Å². The standard InChI is InChI=1S/C24H27F3N2O2/c25-24(26,27)20-6-3-17(4-7-20)14-18-5-8-22(28-16-18)19-9-11-29(12-10-19)23(30)15-21-2-1-13-31-21/h3-8,16,19,21H,1-2,9-15H2/t21-/m1/s1. The third-order valence-electron chi connectivity index (χ3n) is 6.23. The van der Waals surface area contributed by atoms with Crippen molar-refractivity contribution in [1.82, 2.24) is 9.88 Å². The van der Waals surface area contributed by atoms with Crippen molar-refractivity contribution in [1.29, 1.82) is 0 Å². The summed E-state index contributed by atoms with van der Waals surface area (Å²) in [7, 11) is 0. The third kappa shape index (κ3) is 5.64. The van der Waals surface area contributed by atoms with Crippen LogP contribution in [0.5, 0.6) is 0 Å². The molecule has 4 nitrogen and oxygen atoms in total. The lowest BCUT2D eigenvalue weighted by Crippen LogP contribution is -2.39. The Morgan fingerprint density at radius 2 is 1.74 bits per heavy atom. The third-order valence-corrected chi connectivity index (χ3v) is 6.23. The highest BCUT2D eigenvalue weighted by Crippen LogP contribution is 2.30. The van der Waals surface area contributed by atoms with Gasteiger partial charge in [-0.15, -0.1) is 0 Å². The number of carbonyl (C=O) groups is 1. The summed E-state index contributed by atoms with van der Waals surface area (Å²) in [5.74, 6) is 0.511. The number of aromatic nitrogens is 1. The van der Waals surface area contributed by atoms with Crippen molar-refractivity contribution in [2.24, 2.45) is 0 Å². The Kier molecular flexibility index (Phi) is 6.60. The Labute approximate surface area is 180 Å². The van der Waals surface area contributed by atoms with Crippen molar-refractivity contribution in [3.8, 4) is 0 Å². The number of benzene rings is 1. The second kappa shape index (κ2) is 9.39. The highest BCUT2D eigenvalue weighted by Gasteiger charge is 2.30. The summed E-state index contributed by atoms with van der Waals surface area (Å²) >= 11 is 0. The van der Waals surface area contributed by atoms with Crippen LogP contribution in [-0.2, 0) is 22.1 Å². The topological polar surface area (TPSA) is 42.4 Å². The number of pyridine rings is 1. The lowest BCUT2D eigenvalue weighted by molar-refractivity contribution is -0.137. The van der Waals surface area contributed by atoms with E-state index in [1.165, 1.54) is 12.1 Å². The molecule has 1 atom stereocenters. The Hall–Kier alpha value is -2.41. The summed E-state index contributed by atoms with van der Waals surface area (Å²) in [6.45, 7) is 2.25. The first-order chi connectivity index (χ1) is 14.9. The zero-order valence-corrected chi connectivity index (χ0v) is 17.4. The number of halogens is 3. The fraction of sp³-hybridized carbons (Fsp3) is 0.500. The van der Waals surface area contributed by atoms with Gasteiger partial charge < -0.3 is 9.64 Å². The second-order valence-corrected chi connectivity index (χ2v) is 8.46. The molecule has 1 aromatic carbocycles. The van der Waals surface area contributed by atoms with Crippen LogP contribution in [0.2, 0.25) is 0 Å². The van der Waals surface area contributed by atoms with Crippen LogP contribution in [0, 0.1) is 0 Å². The first-order valence-electron chi connectivity index (χ1n) is 10.9. The minimum atomic E-state index is -4.31. The molecule has 4 rings (SSSR count). The number of hydrogen-bond acceptors (Lipinski definition) is 3. The van der Waals surface area contributed by atoms with Gasteiger partial charge in [0.25, 0.3) is 0 Å². The predicted molar refractivity (Wildman–Crippen MR) is 111 cm³/mol. The molecule has 0 spiro atoms. The monoisotopic (exact) mass is 432 g/mol. The summed E-state index contributed by atoms with van der Waals surface area (Å²) in [4.78, 5) is 19.0. The van der Waals surface area contributed by atoms with Crippen molar-refractivity contribution >= 4 is 5.91 Å². The molecule has 0 bridgehead atoms. The van der Waals surface area contributed by atoms with Gasteiger partial charge in [0.05, 0.1) is 18.1 Å². The molecule has 2 aliphatic rings. The zero-order chi connectivity index (χ0) is 21.8. The maximum absolute atomic E-state index is 12.7. The van der Waals surface area contributed by atoms with Crippen molar-refractivity contribution in [2.45, 2.75) is 56.7 Å². The van der Waals surface area contributed by atoms with E-state index in [0.717, 1.165) is 74.3 Å². The molecule has 1 aromatic heterocycles. The molecule has 1 amide bonds. The number of rotatable bonds is 5. The van der Waals surface area contributed by atoms with Crippen LogP contribution in [-0.4, -0.2) is 41.6 Å². The Bertz CT molecular complexity index is 867. The van der Waals surface area contributed by atoms with E-state index in [4.69, 9.17) is 4.74 Å². The van der Waals surface area contributed by atoms with Crippen molar-refractivity contribution in [2.75, 3.05) is 19.7 Å². The van der Waals surface area contributed by atoms with Gasteiger partial charge in [-0.3, -0.25) is 9.78 Å². The van der Waals surface area contributed by atoms with Gasteiger partial charge in [0, 0.05) is 37.5 Å². The summed E-state index contributed by atoms with van der Waals surface area (Å²) < 4.78 is 43.6. The summed E-state index contributed by atoms with van der Waals surface area (Å²) in [5, 5.41) is 0. The minimum absolute atomic E-state index is 0.0871. The maximum atomic E-state index is 12.7. The molecule has 166 valence electrons. The molecule has 0 unspecified atom stereocenters. The highest BCUT2D eigenvalue weighted by molar-refractivity contribution is 5.76. The van der Waals surface area contributed by atoms with E-state index < -0.39 is 11.7 Å². The molecule has 3 heterocycles. The number of nitrogens with zero attached hydrogens (tertiary/aromatic N) is 2. The van der Waals surface area contributed by atoms with Crippen molar-refractivity contribution in [3.05, 3.63) is 65.0 Å². The highest BCUT2D eigenvalue weighted by atomic mass is 19.4. The molecular formula is C24H27F3N2O2. The minimum Gasteiger partial charge on any atom is -0.378 e. The number of carbonyl (C=O) groups excluding carboxylic acids is 1. The van der Waals surface area contributed by atoms with Crippen LogP contribution in [0.1, 0.15) is 60.4 Å². The SMILES string of the molecule is O=C(C[C@H]1CCCO1)N1CCC(c2ccc(Cc3ccc(C(F)(F)F)cc3)cn2)CC1. The number of amides is 1. The van der Waals surface area contributed by atoms with Gasteiger partial charge in [0.15, 0.2) is 0 Å². The summed E-state index contributed by atoms with van der Waals surface area (Å²) in [6.07, 6.45) is 2.41. The fourth-order valence-electron chi connectivity index (χ4n) is 4.38. The van der Waals surface area contributed by atoms with Crippen LogP contribution in [0.3, 0.4) is 0 Å². The van der Waals surface area contributed by atoms with E-state index >= 15 is 0 Å². The van der Waals surface area contributed by atoms with Crippen LogP contribution >= 0.6 is 0 Å². The molecule has 0 radical (unpaired) electrons. The number of likely N-dealkylation sites (tertiary alicyclic amines) is 1. The lowest BCUT2D eigenvalue weighted by atomic mass is 9.92. The molecule has 2 aromatic rings. The molecule has 2 aliphatic heterocycles. The van der Waals surface area contributed by atoms with Gasteiger partial charge in [-0.05, 0) is 61.4 Å². The normalized spacial score (nSPS) is 20.2. The van der Waals surface area contributed by atoms with Gasteiger partial charge in [0.2, 0.25) is 5.91 Å². The second-order valence-electron chi connectivity index (χ2n) is 8.46. The summed E-state index contributed by atoms with van der Waals surface area (Å²) in [6, 6.07) is 9.26. The van der Waals surface area contributed by atoms with E-state index in [1.54, 1.807) is 0 Å². The average molecular weight is 432 g/mol. The van der Waals surface area contributed by atoms with Gasteiger partial charge in [-0.2, -0.15) is 13.2 Å². The van der Waals surface area contributed by atoms with Gasteiger partial charge in [-0.25, -0.2) is 0 Å². The summed E-state index contributed by atoms with van der Waals surface area (Å²) in [5.41, 5.74) is 2.17.